The highest BCUT2D eigenvalue weighted by atomic mass is 35.5. The van der Waals surface area contributed by atoms with Crippen LogP contribution >= 0.6 is 23.2 Å². The Morgan fingerprint density at radius 3 is 2.71 bits per heavy atom. The molecule has 0 saturated heterocycles. The Morgan fingerprint density at radius 2 is 2.00 bits per heavy atom. The zero-order chi connectivity index (χ0) is 27.1. The first kappa shape index (κ1) is 25.9. The van der Waals surface area contributed by atoms with Gasteiger partial charge in [0.25, 0.3) is 11.8 Å². The van der Waals surface area contributed by atoms with E-state index in [1.54, 1.807) is 21.7 Å². The van der Waals surface area contributed by atoms with Crippen molar-refractivity contribution >= 4 is 35.0 Å². The highest BCUT2D eigenvalue weighted by Gasteiger charge is 2.37. The SMILES string of the molecule is C[C@@H]1Cc2nn3c(c2CN1C(=O)c1ccc(Cl)c(Cl)c1)C(=O)N(Cc1ccc(C#N)cc1OC(F)F)CC3. The molecule has 3 aromatic rings. The fraction of sp³-hybridized carbons (Fsp3) is 0.308. The third-order valence-corrected chi connectivity index (χ3v) is 7.49. The Balaban J connectivity index is 1.42. The minimum absolute atomic E-state index is 0.00880. The topological polar surface area (TPSA) is 91.5 Å². The van der Waals surface area contributed by atoms with Gasteiger partial charge in [0, 0.05) is 42.2 Å². The predicted molar refractivity (Wildman–Crippen MR) is 134 cm³/mol. The van der Waals surface area contributed by atoms with Crippen LogP contribution in [0.1, 0.15) is 50.2 Å². The molecule has 1 atom stereocenters. The monoisotopic (exact) mass is 559 g/mol. The second kappa shape index (κ2) is 10.2. The molecule has 2 aromatic carbocycles. The molecular weight excluding hydrogens is 539 g/mol. The number of fused-ring (bicyclic) bond motifs is 3. The van der Waals surface area contributed by atoms with Crippen molar-refractivity contribution in [3.63, 3.8) is 0 Å². The van der Waals surface area contributed by atoms with Crippen molar-refractivity contribution in [3.05, 3.63) is 80.1 Å². The minimum Gasteiger partial charge on any atom is -0.434 e. The Bertz CT molecular complexity index is 1490. The van der Waals surface area contributed by atoms with Crippen molar-refractivity contribution in [2.45, 2.75) is 45.6 Å². The van der Waals surface area contributed by atoms with E-state index in [-0.39, 0.29) is 47.3 Å². The zero-order valence-electron chi connectivity index (χ0n) is 20.1. The molecule has 0 N–H and O–H groups in total. The van der Waals surface area contributed by atoms with Gasteiger partial charge in [0.15, 0.2) is 0 Å². The summed E-state index contributed by atoms with van der Waals surface area (Å²) < 4.78 is 32.2. The summed E-state index contributed by atoms with van der Waals surface area (Å²) >= 11 is 12.1. The van der Waals surface area contributed by atoms with E-state index in [1.165, 1.54) is 29.2 Å². The van der Waals surface area contributed by atoms with E-state index in [0.717, 1.165) is 5.69 Å². The number of ether oxygens (including phenoxy) is 1. The predicted octanol–water partition coefficient (Wildman–Crippen LogP) is 4.91. The quantitative estimate of drug-likeness (QED) is 0.443. The summed E-state index contributed by atoms with van der Waals surface area (Å²) in [6.45, 7) is -0.253. The summed E-state index contributed by atoms with van der Waals surface area (Å²) in [5.41, 5.74) is 2.69. The normalized spacial score (nSPS) is 16.8. The molecule has 0 unspecified atom stereocenters. The lowest BCUT2D eigenvalue weighted by atomic mass is 9.97. The van der Waals surface area contributed by atoms with E-state index in [0.29, 0.717) is 46.9 Å². The molecule has 1 aromatic heterocycles. The fourth-order valence-corrected chi connectivity index (χ4v) is 5.14. The molecule has 0 bridgehead atoms. The van der Waals surface area contributed by atoms with E-state index < -0.39 is 6.61 Å². The zero-order valence-corrected chi connectivity index (χ0v) is 21.6. The summed E-state index contributed by atoms with van der Waals surface area (Å²) in [6, 6.07) is 10.6. The second-order valence-corrected chi connectivity index (χ2v) is 9.97. The van der Waals surface area contributed by atoms with Gasteiger partial charge < -0.3 is 14.5 Å². The second-order valence-electron chi connectivity index (χ2n) is 9.15. The van der Waals surface area contributed by atoms with E-state index in [9.17, 15) is 18.4 Å². The molecule has 38 heavy (non-hydrogen) atoms. The number of halogens is 4. The Hall–Kier alpha value is -3.68. The third-order valence-electron chi connectivity index (χ3n) is 6.76. The molecule has 2 aliphatic heterocycles. The number of alkyl halides is 2. The summed E-state index contributed by atoms with van der Waals surface area (Å²) in [6.07, 6.45) is 0.470. The third kappa shape index (κ3) is 4.79. The van der Waals surface area contributed by atoms with Gasteiger partial charge in [0.2, 0.25) is 0 Å². The van der Waals surface area contributed by atoms with Crippen LogP contribution < -0.4 is 4.74 Å². The molecule has 0 fully saturated rings. The smallest absolute Gasteiger partial charge is 0.387 e. The lowest BCUT2D eigenvalue weighted by molar-refractivity contribution is -0.0507. The first-order chi connectivity index (χ1) is 18.2. The van der Waals surface area contributed by atoms with E-state index in [4.69, 9.17) is 28.5 Å². The van der Waals surface area contributed by atoms with Crippen LogP contribution in [0, 0.1) is 11.3 Å². The first-order valence-electron chi connectivity index (χ1n) is 11.8. The van der Waals surface area contributed by atoms with E-state index in [2.05, 4.69) is 9.84 Å². The van der Waals surface area contributed by atoms with Gasteiger partial charge in [0.05, 0.1) is 40.5 Å². The number of benzene rings is 2. The highest BCUT2D eigenvalue weighted by molar-refractivity contribution is 6.42. The van der Waals surface area contributed by atoms with Gasteiger partial charge in [-0.15, -0.1) is 0 Å². The Kier molecular flexibility index (Phi) is 6.99. The average molecular weight is 560 g/mol. The van der Waals surface area contributed by atoms with Gasteiger partial charge in [-0.1, -0.05) is 29.3 Å². The van der Waals surface area contributed by atoms with Gasteiger partial charge in [-0.2, -0.15) is 19.1 Å². The van der Waals surface area contributed by atoms with Crippen molar-refractivity contribution < 1.29 is 23.1 Å². The van der Waals surface area contributed by atoms with E-state index in [1.807, 2.05) is 13.0 Å². The number of rotatable bonds is 5. The Labute approximate surface area is 226 Å². The van der Waals surface area contributed by atoms with Crippen molar-refractivity contribution in [1.82, 2.24) is 19.6 Å². The molecule has 2 aliphatic rings. The summed E-state index contributed by atoms with van der Waals surface area (Å²) in [7, 11) is 0. The lowest BCUT2D eigenvalue weighted by Crippen LogP contribution is -2.44. The molecule has 8 nitrogen and oxygen atoms in total. The molecule has 0 aliphatic carbocycles. The maximum absolute atomic E-state index is 13.6. The van der Waals surface area contributed by atoms with E-state index >= 15 is 0 Å². The van der Waals surface area contributed by atoms with Gasteiger partial charge in [0.1, 0.15) is 11.4 Å². The highest BCUT2D eigenvalue weighted by Crippen LogP contribution is 2.32. The van der Waals surface area contributed by atoms with Crippen molar-refractivity contribution in [2.24, 2.45) is 0 Å². The number of carbonyl (C=O) groups is 2. The molecule has 0 spiro atoms. The number of carbonyl (C=O) groups excluding carboxylic acids is 2. The maximum atomic E-state index is 13.6. The first-order valence-corrected chi connectivity index (χ1v) is 12.5. The largest absolute Gasteiger partial charge is 0.434 e. The van der Waals surface area contributed by atoms with Gasteiger partial charge >= 0.3 is 6.61 Å². The van der Waals surface area contributed by atoms with Crippen LogP contribution in [0.25, 0.3) is 0 Å². The van der Waals surface area contributed by atoms with Crippen molar-refractivity contribution in [1.29, 1.82) is 5.26 Å². The summed E-state index contributed by atoms with van der Waals surface area (Å²) in [5.74, 6) is -0.720. The minimum atomic E-state index is -3.07. The maximum Gasteiger partial charge on any atom is 0.387 e. The Morgan fingerprint density at radius 1 is 1.21 bits per heavy atom. The number of hydrogen-bond donors (Lipinski definition) is 0. The fourth-order valence-electron chi connectivity index (χ4n) is 4.85. The summed E-state index contributed by atoms with van der Waals surface area (Å²) in [4.78, 5) is 30.2. The average Bonchev–Trinajstić information content (AvgIpc) is 3.24. The van der Waals surface area contributed by atoms with Gasteiger partial charge in [-0.25, -0.2) is 0 Å². The summed E-state index contributed by atoms with van der Waals surface area (Å²) in [5, 5.41) is 14.4. The number of nitrogens with zero attached hydrogens (tertiary/aromatic N) is 5. The van der Waals surface area contributed by atoms with Crippen molar-refractivity contribution in [2.75, 3.05) is 6.54 Å². The van der Waals surface area contributed by atoms with Crippen LogP contribution in [0.5, 0.6) is 5.75 Å². The standard InChI is InChI=1S/C26H21Cl2F2N5O3/c1-14-8-21-18(13-34(14)24(36)16-4-5-19(27)20(28)10-16)23-25(37)33(6-7-35(23)32-21)12-17-3-2-15(11-31)9-22(17)38-26(29)30/h2-5,9-10,14,26H,6-8,12-13H2,1H3/t14-/m1/s1. The van der Waals surface area contributed by atoms with Crippen LogP contribution in [-0.2, 0) is 26.1 Å². The molecule has 3 heterocycles. The lowest BCUT2D eigenvalue weighted by Gasteiger charge is -2.34. The van der Waals surface area contributed by atoms with Crippen LogP contribution in [0.2, 0.25) is 10.0 Å². The van der Waals surface area contributed by atoms with Gasteiger partial charge in [-0.3, -0.25) is 14.3 Å². The van der Waals surface area contributed by atoms with Crippen LogP contribution in [-0.4, -0.2) is 50.6 Å². The molecule has 5 rings (SSSR count). The van der Waals surface area contributed by atoms with Crippen molar-refractivity contribution in [3.8, 4) is 11.8 Å². The number of amides is 2. The molecule has 2 amide bonds. The molecule has 0 saturated carbocycles. The number of hydrogen-bond acceptors (Lipinski definition) is 5. The van der Waals surface area contributed by atoms with Crippen LogP contribution in [0.3, 0.4) is 0 Å². The molecular formula is C26H21Cl2F2N5O3. The molecule has 196 valence electrons. The molecule has 0 radical (unpaired) electrons. The molecule has 12 heteroatoms. The van der Waals surface area contributed by atoms with Gasteiger partial charge in [-0.05, 0) is 37.3 Å². The number of aromatic nitrogens is 2. The van der Waals surface area contributed by atoms with Crippen LogP contribution in [0.4, 0.5) is 8.78 Å². The number of nitriles is 1. The van der Waals surface area contributed by atoms with Crippen LogP contribution in [0.15, 0.2) is 36.4 Å².